The van der Waals surface area contributed by atoms with Gasteiger partial charge in [-0.3, -0.25) is 91.3 Å². The fraction of sp³-hybridized carbons (Fsp3) is 0.534. The second-order valence-electron chi connectivity index (χ2n) is 41.2. The third-order valence-corrected chi connectivity index (χ3v) is 28.2. The largest absolute Gasteiger partial charge is 0.492 e. The number of carbonyl (C=O) groups is 19. The maximum atomic E-state index is 16.7. The number of fused-ring (bicyclic) bond motifs is 2. The van der Waals surface area contributed by atoms with Crippen molar-refractivity contribution in [3.63, 3.8) is 0 Å². The molecule has 2 aliphatic rings. The van der Waals surface area contributed by atoms with Crippen LogP contribution in [0.25, 0.3) is 21.7 Å². The molecule has 21 N–H and O–H groups in total. The van der Waals surface area contributed by atoms with Crippen LogP contribution in [0.3, 0.4) is 0 Å². The van der Waals surface area contributed by atoms with Crippen LogP contribution in [0.15, 0.2) is 116 Å². The van der Waals surface area contributed by atoms with E-state index in [4.69, 9.17) is 40.9 Å². The highest BCUT2D eigenvalue weighted by molar-refractivity contribution is 8.77. The smallest absolute Gasteiger partial charge is 0.407 e. The summed E-state index contributed by atoms with van der Waals surface area (Å²) in [5, 5.41) is 40.1. The van der Waals surface area contributed by atoms with E-state index in [2.05, 4.69) is 84.4 Å². The van der Waals surface area contributed by atoms with E-state index in [1.807, 2.05) is 19.1 Å². The van der Waals surface area contributed by atoms with Crippen molar-refractivity contribution in [1.29, 1.82) is 0 Å². The van der Waals surface area contributed by atoms with Crippen LogP contribution in [0.1, 0.15) is 196 Å². The van der Waals surface area contributed by atoms with Gasteiger partial charge in [-0.25, -0.2) is 4.79 Å². The number of aromatic nitrogens is 2. The Balaban J connectivity index is 1.27. The van der Waals surface area contributed by atoms with Gasteiger partial charge in [-0.2, -0.15) is 0 Å². The number of nitrogens with zero attached hydrogens (tertiary/aromatic N) is 2. The molecule has 2 saturated heterocycles. The summed E-state index contributed by atoms with van der Waals surface area (Å²) in [6.45, 7) is 25.7. The van der Waals surface area contributed by atoms with Crippen molar-refractivity contribution in [1.82, 2.24) is 89.3 Å². The number of H-pyrrole nitrogens is 1. The molecule has 0 aliphatic carbocycles. The zero-order valence-corrected chi connectivity index (χ0v) is 89.2. The number of nitrogens with two attached hydrogens (primary N) is 3. The molecule has 2 aliphatic heterocycles. The number of hydrogen-bond donors (Lipinski definition) is 18. The number of nitrogens with one attached hydrogen (secondary N) is 15. The Morgan fingerprint density at radius 1 is 0.570 bits per heavy atom. The molecule has 0 bridgehead atoms. The molecule has 6 aromatic rings. The summed E-state index contributed by atoms with van der Waals surface area (Å²) in [7, 11) is 3.05. The molecular formula is C103H144N20O24S2. The highest BCUT2D eigenvalue weighted by Crippen LogP contribution is 2.47. The van der Waals surface area contributed by atoms with Gasteiger partial charge in [0, 0.05) is 125 Å². The van der Waals surface area contributed by atoms with Gasteiger partial charge in [-0.15, -0.1) is 0 Å². The van der Waals surface area contributed by atoms with E-state index in [1.165, 1.54) is 73.1 Å². The molecule has 46 heteroatoms. The van der Waals surface area contributed by atoms with Crippen LogP contribution >= 0.6 is 21.6 Å². The number of hydrogen-bond acceptors (Lipinski definition) is 27. The third kappa shape index (κ3) is 38.6. The van der Waals surface area contributed by atoms with Crippen LogP contribution in [-0.2, 0) is 131 Å². The number of aromatic amines is 1. The standard InChI is InChI=1S/C103H144N20O24S2/c1-57-25-23-29-68-66(55-110-81(57)68)51-73-88(133)112-69(30-21-22-42-108-59(3)124)86(131)121-84(102(16,17)149-148-101(14,15)83(111-60(4)125)93(138)117-75(53-78(105)127)90(135)120-82(92(137)115-73)58(2)145-98(5,6)7)94(139)116-71(48-61-32-35-67(36-33-61)144-46-43-109-97(142)147-100(11,12)13)87(132)113-72(49-62-31-34-64-27-19-20-28-65(64)47-62)91(136)122-103(39-44-143-45-40-103)96(141)119-70(37-38-80(129)146-99(8,9)10)85(130)114-74(52-77(104)126)89(134)118-76(50-63-26-24-41-107-54-63)95(140)123(18)56-79(106)128/h19-20,23-29,31-36,41,47,54-55,58,69-76,82-84,110H,21-22,30,37-40,42-46,48-53,56H2,1-18H3,(H2,104,126)(H2,105,127)(H2,106,128)(H,108,124)(H,109,142)(H,111,125)(H,112,133)(H,113,132)(H,114,130)(H,115,137)(H,116,139)(H,117,138)(H,118,134)(H,119,141)(H,120,135)(H,121,131)(H,122,136)/t58-,69+,70+,71?,72+,73+,74?,75+,76+,82+,83-,84-/m1/s1. The van der Waals surface area contributed by atoms with Gasteiger partial charge in [0.05, 0.1) is 37.6 Å². The average molecular weight is 2110 g/mol. The van der Waals surface area contributed by atoms with Crippen molar-refractivity contribution in [2.75, 3.05) is 46.5 Å². The second kappa shape index (κ2) is 54.3. The lowest BCUT2D eigenvalue weighted by Gasteiger charge is -2.39. The topological polar surface area (TPSA) is 649 Å². The summed E-state index contributed by atoms with van der Waals surface area (Å²) in [6.07, 6.45) is -2.41. The van der Waals surface area contributed by atoms with Crippen molar-refractivity contribution in [3.05, 3.63) is 143 Å². The van der Waals surface area contributed by atoms with E-state index >= 15 is 47.9 Å². The number of primary amides is 3. The predicted octanol–water partition coefficient (Wildman–Crippen LogP) is 2.50. The van der Waals surface area contributed by atoms with Crippen LogP contribution in [0.4, 0.5) is 4.79 Å². The normalized spacial score (nSPS) is 19.0. The molecule has 4 aromatic carbocycles. The Labute approximate surface area is 873 Å². The monoisotopic (exact) mass is 2110 g/mol. The zero-order valence-electron chi connectivity index (χ0n) is 87.6. The van der Waals surface area contributed by atoms with Crippen molar-refractivity contribution in [3.8, 4) is 5.75 Å². The highest BCUT2D eigenvalue weighted by atomic mass is 33.1. The minimum atomic E-state index is -2.11. The second-order valence-corrected chi connectivity index (χ2v) is 44.6. The van der Waals surface area contributed by atoms with Crippen LogP contribution in [0.5, 0.6) is 5.75 Å². The summed E-state index contributed by atoms with van der Waals surface area (Å²) in [4.78, 5) is 285. The Hall–Kier alpha value is -14.0. The number of benzene rings is 4. The number of esters is 1. The van der Waals surface area contributed by atoms with Gasteiger partial charge in [0.15, 0.2) is 0 Å². The van der Waals surface area contributed by atoms with Crippen LogP contribution in [0, 0.1) is 6.92 Å². The molecule has 2 unspecified atom stereocenters. The van der Waals surface area contributed by atoms with Crippen LogP contribution in [0.2, 0.25) is 0 Å². The lowest BCUT2D eigenvalue weighted by molar-refractivity contribution is -0.155. The third-order valence-electron chi connectivity index (χ3n) is 24.0. The van der Waals surface area contributed by atoms with Crippen molar-refractivity contribution < 1.29 is 115 Å². The van der Waals surface area contributed by atoms with E-state index in [9.17, 15) is 43.2 Å². The van der Waals surface area contributed by atoms with Gasteiger partial charge in [0.1, 0.15) is 95.6 Å². The molecule has 12 atom stereocenters. The molecule has 812 valence electrons. The van der Waals surface area contributed by atoms with E-state index in [0.29, 0.717) is 38.5 Å². The Morgan fingerprint density at radius 3 is 1.80 bits per heavy atom. The molecule has 8 rings (SSSR count). The van der Waals surface area contributed by atoms with Gasteiger partial charge < -0.3 is 125 Å². The molecule has 44 nitrogen and oxygen atoms in total. The summed E-state index contributed by atoms with van der Waals surface area (Å²) in [5.74, 6) is -17.6. The molecular weight excluding hydrogens is 1970 g/mol. The molecule has 0 saturated carbocycles. The molecule has 2 aromatic heterocycles. The summed E-state index contributed by atoms with van der Waals surface area (Å²) in [5.41, 5.74) is 15.1. The number of carbonyl (C=O) groups excluding carboxylic acids is 19. The maximum absolute atomic E-state index is 16.7. The van der Waals surface area contributed by atoms with Gasteiger partial charge in [0.2, 0.25) is 100 Å². The maximum Gasteiger partial charge on any atom is 0.407 e. The van der Waals surface area contributed by atoms with Gasteiger partial charge in [-0.1, -0.05) is 100 Å². The first-order valence-corrected chi connectivity index (χ1v) is 51.3. The first kappa shape index (κ1) is 120. The van der Waals surface area contributed by atoms with E-state index < -0.39 is 250 Å². The molecule has 4 heterocycles. The van der Waals surface area contributed by atoms with Crippen LogP contribution in [-0.4, -0.2) is 278 Å². The first-order chi connectivity index (χ1) is 69.8. The fourth-order valence-corrected chi connectivity index (χ4v) is 19.4. The number of pyridine rings is 1. The predicted molar refractivity (Wildman–Crippen MR) is 556 cm³/mol. The van der Waals surface area contributed by atoms with Crippen molar-refractivity contribution in [2.45, 2.75) is 306 Å². The zero-order chi connectivity index (χ0) is 110. The number of alkyl carbamates (subject to hydrolysis) is 1. The van der Waals surface area contributed by atoms with E-state index in [1.54, 1.807) is 141 Å². The Kier molecular flexibility index (Phi) is 43.8. The molecule has 2 fully saturated rings. The van der Waals surface area contributed by atoms with Gasteiger partial charge in [-0.05, 0) is 186 Å². The quantitative estimate of drug-likeness (QED) is 0.0149. The van der Waals surface area contributed by atoms with Crippen molar-refractivity contribution >= 4 is 156 Å². The molecule has 0 spiro atoms. The number of rotatable bonds is 42. The SMILES string of the molecule is CC(=O)NCCCC[C@@H]1NC(=O)[C@H](Cc2c[nH]c3c(C)cccc23)NC(=O)[C@H]([C@@H](C)OC(C)(C)C)NC(=O)[C@H](CC(N)=O)NC(=O)[C@@H](NC(C)=O)C(C)(C)SSC(C)(C)[C@@H](C(=O)NC(Cc2ccc(OCCNC(=O)OC(C)(C)C)cc2)C(=O)N[C@@H](Cc2ccc3ccccc3c2)C(=O)NC2(C(=O)N[C@@H](CCC(=O)OC(C)(C)C)C(=O)NC(CC(N)=O)C(=O)N[C@@H](Cc3cccnc3)C(=O)N(C)CC(N)=O)CCOCC2)NC1=O. The number of ether oxygens (including phenoxy) is 5. The fourth-order valence-electron chi connectivity index (χ4n) is 16.6. The number of aryl methyl sites for hydroxylation is 1. The number of para-hydroxylation sites is 1. The van der Waals surface area contributed by atoms with E-state index in [0.717, 1.165) is 44.4 Å². The summed E-state index contributed by atoms with van der Waals surface area (Å²) < 4.78 is 25.8. The number of unbranched alkanes of at least 4 members (excludes halogenated alkanes) is 1. The van der Waals surface area contributed by atoms with Crippen molar-refractivity contribution in [2.24, 2.45) is 17.2 Å². The minimum absolute atomic E-state index is 0.00638. The lowest BCUT2D eigenvalue weighted by Crippen LogP contribution is -2.67. The summed E-state index contributed by atoms with van der Waals surface area (Å²) >= 11 is 0. The summed E-state index contributed by atoms with van der Waals surface area (Å²) in [6, 6.07) is 7.81. The highest BCUT2D eigenvalue weighted by Gasteiger charge is 2.49. The van der Waals surface area contributed by atoms with Gasteiger partial charge >= 0.3 is 12.1 Å². The number of amides is 18. The Morgan fingerprint density at radius 2 is 1.17 bits per heavy atom. The molecule has 0 radical (unpaired) electrons. The lowest BCUT2D eigenvalue weighted by atomic mass is 9.87. The minimum Gasteiger partial charge on any atom is -0.492 e. The van der Waals surface area contributed by atoms with E-state index in [-0.39, 0.29) is 95.9 Å². The van der Waals surface area contributed by atoms with Crippen LogP contribution < -0.4 is 96.4 Å². The first-order valence-electron chi connectivity index (χ1n) is 49.2. The Bertz CT molecular complexity index is 5800. The number of likely N-dealkylation sites (N-methyl/N-ethyl adjacent to an activating group) is 1. The van der Waals surface area contributed by atoms with Gasteiger partial charge in [0.25, 0.3) is 0 Å². The molecule has 18 amide bonds. The average Bonchev–Trinajstić information content (AvgIpc) is 1.71. The molecule has 149 heavy (non-hydrogen) atoms.